The normalized spacial score (nSPS) is 17.3. The Hall–Kier alpha value is -3.66. The van der Waals surface area contributed by atoms with Gasteiger partial charge in [-0.15, -0.1) is 0 Å². The lowest BCUT2D eigenvalue weighted by molar-refractivity contribution is -0.0591. The number of nitrogens with zero attached hydrogens (tertiary/aromatic N) is 3. The number of halogens is 4. The van der Waals surface area contributed by atoms with Crippen molar-refractivity contribution in [3.63, 3.8) is 0 Å². The van der Waals surface area contributed by atoms with Crippen molar-refractivity contribution >= 4 is 34.2 Å². The first-order valence-corrected chi connectivity index (χ1v) is 14.3. The Balaban J connectivity index is 1.19. The van der Waals surface area contributed by atoms with Crippen molar-refractivity contribution in [3.8, 4) is 0 Å². The van der Waals surface area contributed by atoms with Crippen LogP contribution in [0.25, 0.3) is 16.6 Å². The van der Waals surface area contributed by atoms with Gasteiger partial charge in [0.15, 0.2) is 0 Å². The Bertz CT molecular complexity index is 1700. The predicted octanol–water partition coefficient (Wildman–Crippen LogP) is 6.67. The van der Waals surface area contributed by atoms with E-state index in [0.29, 0.717) is 60.9 Å². The summed E-state index contributed by atoms with van der Waals surface area (Å²) in [5.41, 5.74) is 3.59. The molecule has 1 fully saturated rings. The molecule has 0 amide bonds. The first-order chi connectivity index (χ1) is 20.2. The summed E-state index contributed by atoms with van der Waals surface area (Å²) in [5, 5.41) is 9.77. The number of aromatic carboxylic acids is 1. The second kappa shape index (κ2) is 11.9. The van der Waals surface area contributed by atoms with Crippen LogP contribution in [0.2, 0.25) is 5.02 Å². The number of hydrogen-bond donors (Lipinski definition) is 1. The van der Waals surface area contributed by atoms with Crippen molar-refractivity contribution in [1.82, 2.24) is 14.5 Å². The van der Waals surface area contributed by atoms with Crippen LogP contribution in [-0.4, -0.2) is 51.3 Å². The highest BCUT2D eigenvalue weighted by Crippen LogP contribution is 2.29. The van der Waals surface area contributed by atoms with Crippen molar-refractivity contribution in [3.05, 3.63) is 105 Å². The van der Waals surface area contributed by atoms with Crippen molar-refractivity contribution in [2.75, 3.05) is 19.7 Å². The molecule has 0 radical (unpaired) electrons. The number of carboxylic acids is 1. The molecule has 1 atom stereocenters. The molecule has 0 unspecified atom stereocenters. The molecule has 1 saturated heterocycles. The summed E-state index contributed by atoms with van der Waals surface area (Å²) < 4.78 is 51.5. The molecule has 218 valence electrons. The first kappa shape index (κ1) is 28.5. The van der Waals surface area contributed by atoms with Gasteiger partial charge in [0.2, 0.25) is 0 Å². The van der Waals surface area contributed by atoms with E-state index in [1.165, 1.54) is 12.1 Å². The number of fused-ring (bicyclic) bond motifs is 1. The maximum absolute atomic E-state index is 14.9. The van der Waals surface area contributed by atoms with E-state index in [1.54, 1.807) is 30.3 Å². The Kier molecular flexibility index (Phi) is 8.07. The fourth-order valence-corrected chi connectivity index (χ4v) is 5.75. The van der Waals surface area contributed by atoms with Crippen LogP contribution in [0.3, 0.4) is 0 Å². The van der Waals surface area contributed by atoms with Gasteiger partial charge in [0.1, 0.15) is 23.3 Å². The van der Waals surface area contributed by atoms with Gasteiger partial charge in [-0.1, -0.05) is 23.7 Å². The van der Waals surface area contributed by atoms with Gasteiger partial charge in [-0.2, -0.15) is 0 Å². The number of aromatic nitrogens is 2. The van der Waals surface area contributed by atoms with E-state index in [2.05, 4.69) is 4.90 Å². The minimum atomic E-state index is -0.992. The topological polar surface area (TPSA) is 67.6 Å². The molecule has 0 saturated carbocycles. The van der Waals surface area contributed by atoms with Gasteiger partial charge < -0.3 is 14.4 Å². The van der Waals surface area contributed by atoms with Crippen LogP contribution in [-0.2, 0) is 30.7 Å². The van der Waals surface area contributed by atoms with Crippen LogP contribution in [0, 0.1) is 17.5 Å². The molecule has 6 rings (SSSR count). The summed E-state index contributed by atoms with van der Waals surface area (Å²) >= 11 is 5.83. The largest absolute Gasteiger partial charge is 0.478 e. The second-order valence-electron chi connectivity index (χ2n) is 10.8. The number of rotatable bonds is 9. The molecule has 42 heavy (non-hydrogen) atoms. The molecular formula is C32H29ClF3N3O3. The molecule has 1 N–H and O–H groups in total. The predicted molar refractivity (Wildman–Crippen MR) is 154 cm³/mol. The number of carbonyl (C=O) groups is 1. The summed E-state index contributed by atoms with van der Waals surface area (Å²) in [5.74, 6) is -1.90. The summed E-state index contributed by atoms with van der Waals surface area (Å²) in [4.78, 5) is 18.6. The van der Waals surface area contributed by atoms with E-state index >= 15 is 0 Å². The minimum absolute atomic E-state index is 0.0642. The van der Waals surface area contributed by atoms with Crippen LogP contribution in [0.4, 0.5) is 13.2 Å². The highest BCUT2D eigenvalue weighted by atomic mass is 35.5. The number of carboxylic acid groups (broad SMARTS) is 1. The van der Waals surface area contributed by atoms with Crippen molar-refractivity contribution in [2.24, 2.45) is 0 Å². The molecule has 3 aromatic carbocycles. The average Bonchev–Trinajstić information content (AvgIpc) is 3.27. The van der Waals surface area contributed by atoms with Gasteiger partial charge in [0.25, 0.3) is 0 Å². The van der Waals surface area contributed by atoms with Gasteiger partial charge in [-0.3, -0.25) is 4.90 Å². The zero-order chi connectivity index (χ0) is 29.4. The fourth-order valence-electron chi connectivity index (χ4n) is 5.59. The number of ether oxygens (including phenoxy) is 1. The molecular weight excluding hydrogens is 567 g/mol. The Morgan fingerprint density at radius 3 is 2.50 bits per heavy atom. The summed E-state index contributed by atoms with van der Waals surface area (Å²) in [7, 11) is 0. The van der Waals surface area contributed by atoms with Crippen LogP contribution >= 0.6 is 11.6 Å². The Morgan fingerprint density at radius 1 is 1.02 bits per heavy atom. The van der Waals surface area contributed by atoms with Crippen LogP contribution in [0.15, 0.2) is 54.6 Å². The number of benzene rings is 3. The molecule has 2 aliphatic rings. The Morgan fingerprint density at radius 2 is 1.81 bits per heavy atom. The number of imidazole rings is 1. The smallest absolute Gasteiger partial charge is 0.335 e. The van der Waals surface area contributed by atoms with Crippen molar-refractivity contribution in [2.45, 2.75) is 44.9 Å². The van der Waals surface area contributed by atoms with Gasteiger partial charge in [-0.25, -0.2) is 22.9 Å². The summed E-state index contributed by atoms with van der Waals surface area (Å²) in [6, 6.07) is 11.8. The standard InChI is InChI=1S/C32H29ClF3N3O3/c33-23-5-3-20(26(34)15-23)1-2-21-13-25(28(36)16-27(21)35)19-7-10-38(11-8-19)18-31-37-29-6-4-22(32(40)41)14-30(29)39(31)17-24-9-12-42-24/h3-7,13-16,24H,1-2,8-12,17-18H2,(H,40,41)/t24-/m0/s1. The lowest BCUT2D eigenvalue weighted by atomic mass is 9.94. The maximum Gasteiger partial charge on any atom is 0.335 e. The lowest BCUT2D eigenvalue weighted by Gasteiger charge is -2.29. The molecule has 2 aliphatic heterocycles. The highest BCUT2D eigenvalue weighted by molar-refractivity contribution is 6.30. The van der Waals surface area contributed by atoms with Crippen molar-refractivity contribution < 1.29 is 27.8 Å². The first-order valence-electron chi connectivity index (χ1n) is 13.9. The molecule has 4 aromatic rings. The van der Waals surface area contributed by atoms with E-state index in [1.807, 2.05) is 10.6 Å². The minimum Gasteiger partial charge on any atom is -0.478 e. The molecule has 10 heteroatoms. The molecule has 0 aliphatic carbocycles. The molecule has 0 bridgehead atoms. The third kappa shape index (κ3) is 5.95. The third-order valence-corrected chi connectivity index (χ3v) is 8.31. The molecule has 1 aromatic heterocycles. The Labute approximate surface area is 246 Å². The maximum atomic E-state index is 14.9. The van der Waals surface area contributed by atoms with E-state index in [4.69, 9.17) is 21.3 Å². The number of hydrogen-bond acceptors (Lipinski definition) is 4. The highest BCUT2D eigenvalue weighted by Gasteiger charge is 2.24. The van der Waals surface area contributed by atoms with Crippen molar-refractivity contribution in [1.29, 1.82) is 0 Å². The van der Waals surface area contributed by atoms with Gasteiger partial charge in [0.05, 0.1) is 35.8 Å². The fraction of sp³-hybridized carbons (Fsp3) is 0.312. The summed E-state index contributed by atoms with van der Waals surface area (Å²) in [6.45, 7) is 3.01. The number of aryl methyl sites for hydroxylation is 2. The zero-order valence-electron chi connectivity index (χ0n) is 22.8. The second-order valence-corrected chi connectivity index (χ2v) is 11.2. The van der Waals surface area contributed by atoms with Gasteiger partial charge in [-0.05, 0) is 78.8 Å². The van der Waals surface area contributed by atoms with E-state index in [-0.39, 0.29) is 24.5 Å². The van der Waals surface area contributed by atoms with Crippen LogP contribution in [0.1, 0.15) is 45.7 Å². The monoisotopic (exact) mass is 595 g/mol. The molecule has 6 nitrogen and oxygen atoms in total. The third-order valence-electron chi connectivity index (χ3n) is 8.07. The average molecular weight is 596 g/mol. The van der Waals surface area contributed by atoms with Crippen LogP contribution in [0.5, 0.6) is 0 Å². The van der Waals surface area contributed by atoms with E-state index in [0.717, 1.165) is 34.9 Å². The molecule has 0 spiro atoms. The van der Waals surface area contributed by atoms with Gasteiger partial charge >= 0.3 is 5.97 Å². The van der Waals surface area contributed by atoms with Gasteiger partial charge in [0, 0.05) is 36.3 Å². The summed E-state index contributed by atoms with van der Waals surface area (Å²) in [6.07, 6.45) is 4.00. The van der Waals surface area contributed by atoms with Crippen LogP contribution < -0.4 is 0 Å². The quantitative estimate of drug-likeness (QED) is 0.234. The van der Waals surface area contributed by atoms with E-state index in [9.17, 15) is 23.1 Å². The zero-order valence-corrected chi connectivity index (χ0v) is 23.5. The SMILES string of the molecule is O=C(O)c1ccc2nc(CN3CC=C(c4cc(CCc5ccc(Cl)cc5F)c(F)cc4F)CC3)n(C[C@@H]3CCO3)c2c1. The molecule has 3 heterocycles. The lowest BCUT2D eigenvalue weighted by Crippen LogP contribution is -2.33. The van der Waals surface area contributed by atoms with E-state index < -0.39 is 23.4 Å².